The van der Waals surface area contributed by atoms with Gasteiger partial charge >= 0.3 is 6.18 Å². The molecule has 0 atom stereocenters. The van der Waals surface area contributed by atoms with Gasteiger partial charge in [0.1, 0.15) is 0 Å². The van der Waals surface area contributed by atoms with Crippen molar-refractivity contribution in [3.05, 3.63) is 71.9 Å². The summed E-state index contributed by atoms with van der Waals surface area (Å²) in [6, 6.07) is 15.0. The Hall–Kier alpha value is -2.87. The van der Waals surface area contributed by atoms with Gasteiger partial charge in [0.2, 0.25) is 10.1 Å². The molecule has 2 aromatic heterocycles. The maximum absolute atomic E-state index is 12.9. The second-order valence-electron chi connectivity index (χ2n) is 5.66. The first-order valence-corrected chi connectivity index (χ1v) is 8.62. The zero-order valence-corrected chi connectivity index (χ0v) is 14.2. The van der Waals surface area contributed by atoms with Crippen molar-refractivity contribution in [1.29, 1.82) is 0 Å². The zero-order chi connectivity index (χ0) is 18.1. The van der Waals surface area contributed by atoms with E-state index in [0.29, 0.717) is 27.9 Å². The van der Waals surface area contributed by atoms with Gasteiger partial charge in [0.05, 0.1) is 17.5 Å². The number of halogens is 3. The maximum Gasteiger partial charge on any atom is 0.416 e. The second-order valence-corrected chi connectivity index (χ2v) is 6.62. The molecule has 0 spiro atoms. The van der Waals surface area contributed by atoms with Crippen LogP contribution in [0, 0.1) is 0 Å². The van der Waals surface area contributed by atoms with Crippen LogP contribution in [0.3, 0.4) is 0 Å². The number of fused-ring (bicyclic) bond motifs is 1. The van der Waals surface area contributed by atoms with Gasteiger partial charge in [-0.25, -0.2) is 9.50 Å². The number of imidazole rings is 1. The minimum absolute atomic E-state index is 0.423. The molecule has 0 saturated heterocycles. The molecule has 8 heteroatoms. The van der Waals surface area contributed by atoms with Crippen LogP contribution in [0.5, 0.6) is 0 Å². The van der Waals surface area contributed by atoms with Crippen molar-refractivity contribution in [3.8, 4) is 11.3 Å². The lowest BCUT2D eigenvalue weighted by Crippen LogP contribution is -2.04. The third-order valence-electron chi connectivity index (χ3n) is 3.86. The molecule has 0 saturated carbocycles. The number of nitrogens with one attached hydrogen (secondary N) is 1. The summed E-state index contributed by atoms with van der Waals surface area (Å²) in [6.45, 7) is 0.608. The van der Waals surface area contributed by atoms with Gasteiger partial charge in [-0.15, -0.1) is 5.10 Å². The van der Waals surface area contributed by atoms with Crippen LogP contribution in [0.4, 0.5) is 18.3 Å². The third kappa shape index (κ3) is 3.28. The predicted octanol–water partition coefficient (Wildman–Crippen LogP) is 5.09. The topological polar surface area (TPSA) is 42.2 Å². The molecule has 0 aliphatic heterocycles. The summed E-state index contributed by atoms with van der Waals surface area (Å²) < 4.78 is 40.4. The summed E-state index contributed by atoms with van der Waals surface area (Å²) >= 11 is 1.35. The molecule has 0 aliphatic rings. The number of hydrogen-bond acceptors (Lipinski definition) is 4. The molecule has 0 bridgehead atoms. The Morgan fingerprint density at radius 3 is 2.62 bits per heavy atom. The largest absolute Gasteiger partial charge is 0.416 e. The van der Waals surface area contributed by atoms with E-state index in [-0.39, 0.29) is 0 Å². The van der Waals surface area contributed by atoms with Crippen LogP contribution in [-0.4, -0.2) is 14.6 Å². The van der Waals surface area contributed by atoms with Crippen LogP contribution in [0.1, 0.15) is 11.1 Å². The summed E-state index contributed by atoms with van der Waals surface area (Å²) in [7, 11) is 0. The molecule has 1 N–H and O–H groups in total. The van der Waals surface area contributed by atoms with Crippen molar-refractivity contribution < 1.29 is 13.2 Å². The molecule has 4 aromatic rings. The lowest BCUT2D eigenvalue weighted by atomic mass is 10.1. The molecule has 2 aromatic carbocycles. The van der Waals surface area contributed by atoms with E-state index in [1.165, 1.54) is 23.6 Å². The van der Waals surface area contributed by atoms with E-state index in [2.05, 4.69) is 15.4 Å². The Labute approximate surface area is 150 Å². The number of aromatic nitrogens is 3. The molecule has 4 nitrogen and oxygen atoms in total. The lowest BCUT2D eigenvalue weighted by molar-refractivity contribution is -0.137. The zero-order valence-electron chi connectivity index (χ0n) is 13.4. The van der Waals surface area contributed by atoms with Gasteiger partial charge in [0, 0.05) is 12.1 Å². The Bertz CT molecular complexity index is 1040. The molecule has 0 unspecified atom stereocenters. The van der Waals surface area contributed by atoms with Crippen molar-refractivity contribution in [2.75, 3.05) is 5.32 Å². The highest BCUT2D eigenvalue weighted by molar-refractivity contribution is 7.20. The van der Waals surface area contributed by atoms with E-state index in [1.54, 1.807) is 10.6 Å². The number of anilines is 1. The summed E-state index contributed by atoms with van der Waals surface area (Å²) in [6.07, 6.45) is -2.85. The minimum Gasteiger partial charge on any atom is -0.356 e. The summed E-state index contributed by atoms with van der Waals surface area (Å²) in [5.41, 5.74) is 1.36. The predicted molar refractivity (Wildman–Crippen MR) is 95.1 cm³/mol. The standard InChI is InChI=1S/C18H13F3N4S/c19-18(20,21)14-8-4-7-13(9-14)15-11-23-17-25(15)24-16(26-17)22-10-12-5-2-1-3-6-12/h1-9,11H,10H2,(H,22,24). The van der Waals surface area contributed by atoms with E-state index >= 15 is 0 Å². The van der Waals surface area contributed by atoms with Gasteiger partial charge in [0.15, 0.2) is 0 Å². The Kier molecular flexibility index (Phi) is 4.12. The monoisotopic (exact) mass is 374 g/mol. The molecule has 26 heavy (non-hydrogen) atoms. The fraction of sp³-hybridized carbons (Fsp3) is 0.111. The molecular weight excluding hydrogens is 361 g/mol. The van der Waals surface area contributed by atoms with Crippen LogP contribution < -0.4 is 5.32 Å². The number of nitrogens with zero attached hydrogens (tertiary/aromatic N) is 3. The fourth-order valence-corrected chi connectivity index (χ4v) is 3.36. The molecule has 132 valence electrons. The second kappa shape index (κ2) is 6.45. The minimum atomic E-state index is -4.38. The van der Waals surface area contributed by atoms with E-state index in [4.69, 9.17) is 0 Å². The smallest absolute Gasteiger partial charge is 0.356 e. The number of alkyl halides is 3. The first kappa shape index (κ1) is 16.6. The van der Waals surface area contributed by atoms with Gasteiger partial charge in [-0.1, -0.05) is 53.8 Å². The van der Waals surface area contributed by atoms with E-state index in [1.807, 2.05) is 30.3 Å². The molecule has 0 fully saturated rings. The Morgan fingerprint density at radius 2 is 1.85 bits per heavy atom. The van der Waals surface area contributed by atoms with Crippen molar-refractivity contribution in [3.63, 3.8) is 0 Å². The van der Waals surface area contributed by atoms with E-state index in [9.17, 15) is 13.2 Å². The van der Waals surface area contributed by atoms with Gasteiger partial charge in [0.25, 0.3) is 0 Å². The Balaban J connectivity index is 1.62. The average molecular weight is 374 g/mol. The highest BCUT2D eigenvalue weighted by Gasteiger charge is 2.30. The number of rotatable bonds is 4. The van der Waals surface area contributed by atoms with Crippen LogP contribution in [0.2, 0.25) is 0 Å². The maximum atomic E-state index is 12.9. The highest BCUT2D eigenvalue weighted by Crippen LogP contribution is 2.33. The SMILES string of the molecule is FC(F)(F)c1cccc(-c2cnc3sc(NCc4ccccc4)nn23)c1. The summed E-state index contributed by atoms with van der Waals surface area (Å²) in [4.78, 5) is 4.88. The van der Waals surface area contributed by atoms with Crippen LogP contribution >= 0.6 is 11.3 Å². The molecule has 4 rings (SSSR count). The van der Waals surface area contributed by atoms with Crippen molar-refractivity contribution in [2.24, 2.45) is 0 Å². The lowest BCUT2D eigenvalue weighted by Gasteiger charge is -2.07. The molecule has 2 heterocycles. The average Bonchev–Trinajstić information content (AvgIpc) is 3.20. The first-order chi connectivity index (χ1) is 12.5. The van der Waals surface area contributed by atoms with Crippen LogP contribution in [0.25, 0.3) is 16.2 Å². The number of hydrogen-bond donors (Lipinski definition) is 1. The van der Waals surface area contributed by atoms with Crippen molar-refractivity contribution >= 4 is 21.4 Å². The summed E-state index contributed by atoms with van der Waals surface area (Å²) in [5, 5.41) is 8.31. The van der Waals surface area contributed by atoms with E-state index in [0.717, 1.165) is 17.7 Å². The molecule has 0 amide bonds. The summed E-state index contributed by atoms with van der Waals surface area (Å²) in [5.74, 6) is 0. The molecule has 0 aliphatic carbocycles. The third-order valence-corrected chi connectivity index (χ3v) is 4.74. The quantitative estimate of drug-likeness (QED) is 0.541. The highest BCUT2D eigenvalue weighted by atomic mass is 32.1. The van der Waals surface area contributed by atoms with E-state index < -0.39 is 11.7 Å². The molecular formula is C18H13F3N4S. The Morgan fingerprint density at radius 1 is 1.04 bits per heavy atom. The van der Waals surface area contributed by atoms with Crippen LogP contribution in [0.15, 0.2) is 60.8 Å². The number of benzene rings is 2. The first-order valence-electron chi connectivity index (χ1n) is 7.81. The van der Waals surface area contributed by atoms with Crippen molar-refractivity contribution in [2.45, 2.75) is 12.7 Å². The molecule has 0 radical (unpaired) electrons. The van der Waals surface area contributed by atoms with Gasteiger partial charge in [-0.05, 0) is 17.7 Å². The van der Waals surface area contributed by atoms with Gasteiger partial charge < -0.3 is 5.32 Å². The van der Waals surface area contributed by atoms with Gasteiger partial charge in [-0.2, -0.15) is 13.2 Å². The van der Waals surface area contributed by atoms with Crippen molar-refractivity contribution in [1.82, 2.24) is 14.6 Å². The van der Waals surface area contributed by atoms with Crippen LogP contribution in [-0.2, 0) is 12.7 Å². The normalized spacial score (nSPS) is 11.8. The fourth-order valence-electron chi connectivity index (χ4n) is 2.59. The van der Waals surface area contributed by atoms with Gasteiger partial charge in [-0.3, -0.25) is 0 Å².